The predicted octanol–water partition coefficient (Wildman–Crippen LogP) is 1.95. The summed E-state index contributed by atoms with van der Waals surface area (Å²) < 4.78 is 0. The Kier molecular flexibility index (Phi) is 2.52. The lowest BCUT2D eigenvalue weighted by Crippen LogP contribution is -2.57. The van der Waals surface area contributed by atoms with Crippen molar-refractivity contribution in [2.24, 2.45) is 5.92 Å². The van der Waals surface area contributed by atoms with Crippen LogP contribution in [-0.2, 0) is 0 Å². The Morgan fingerprint density at radius 3 is 2.67 bits per heavy atom. The summed E-state index contributed by atoms with van der Waals surface area (Å²) in [5, 5.41) is 0. The van der Waals surface area contributed by atoms with Gasteiger partial charge in [-0.25, -0.2) is 0 Å². The van der Waals surface area contributed by atoms with E-state index in [2.05, 4.69) is 23.6 Å². The summed E-state index contributed by atoms with van der Waals surface area (Å²) in [6, 6.07) is 2.53. The lowest BCUT2D eigenvalue weighted by Gasteiger charge is -2.45. The van der Waals surface area contributed by atoms with Gasteiger partial charge in [-0.05, 0) is 52.0 Å². The van der Waals surface area contributed by atoms with Gasteiger partial charge in [0.1, 0.15) is 0 Å². The lowest BCUT2D eigenvalue weighted by atomic mass is 10.0. The van der Waals surface area contributed by atoms with Gasteiger partial charge in [0.25, 0.3) is 0 Å². The van der Waals surface area contributed by atoms with Crippen molar-refractivity contribution in [2.75, 3.05) is 19.6 Å². The van der Waals surface area contributed by atoms with E-state index in [9.17, 15) is 0 Å². The van der Waals surface area contributed by atoms with Crippen LogP contribution in [0.25, 0.3) is 0 Å². The summed E-state index contributed by atoms with van der Waals surface area (Å²) in [4.78, 5) is 5.52. The van der Waals surface area contributed by atoms with Gasteiger partial charge in [-0.2, -0.15) is 0 Å². The molecule has 1 saturated carbocycles. The first-order valence-electron chi connectivity index (χ1n) is 6.75. The second-order valence-electron chi connectivity index (χ2n) is 5.91. The van der Waals surface area contributed by atoms with Crippen LogP contribution in [0.2, 0.25) is 0 Å². The van der Waals surface area contributed by atoms with E-state index in [0.29, 0.717) is 0 Å². The third-order valence-corrected chi connectivity index (χ3v) is 4.81. The van der Waals surface area contributed by atoms with Crippen LogP contribution < -0.4 is 0 Å². The molecule has 2 heterocycles. The zero-order chi connectivity index (χ0) is 10.4. The number of hydrogen-bond acceptors (Lipinski definition) is 2. The highest BCUT2D eigenvalue weighted by atomic mass is 15.3. The Hall–Kier alpha value is -0.0800. The maximum Gasteiger partial charge on any atom is 0.0224 e. The van der Waals surface area contributed by atoms with Gasteiger partial charge in [0.05, 0.1) is 0 Å². The molecule has 1 aliphatic carbocycles. The molecule has 3 unspecified atom stereocenters. The monoisotopic (exact) mass is 208 g/mol. The molecule has 86 valence electrons. The van der Waals surface area contributed by atoms with Crippen molar-refractivity contribution in [2.45, 2.75) is 57.7 Å². The highest BCUT2D eigenvalue weighted by Gasteiger charge is 2.40. The largest absolute Gasteiger partial charge is 0.298 e. The maximum atomic E-state index is 2.80. The molecule has 15 heavy (non-hydrogen) atoms. The first kappa shape index (κ1) is 10.1. The number of fused-ring (bicyclic) bond motifs is 1. The topological polar surface area (TPSA) is 6.48 Å². The van der Waals surface area contributed by atoms with Gasteiger partial charge in [0.2, 0.25) is 0 Å². The zero-order valence-electron chi connectivity index (χ0n) is 10.2. The summed E-state index contributed by atoms with van der Waals surface area (Å²) >= 11 is 0. The molecular weight excluding hydrogens is 184 g/mol. The van der Waals surface area contributed by atoms with Crippen molar-refractivity contribution in [3.63, 3.8) is 0 Å². The minimum atomic E-state index is 0.787. The minimum absolute atomic E-state index is 0.787. The average molecular weight is 208 g/mol. The molecule has 3 aliphatic rings. The fraction of sp³-hybridized carbons (Fsp3) is 1.00. The van der Waals surface area contributed by atoms with E-state index in [-0.39, 0.29) is 0 Å². The molecule has 0 amide bonds. The van der Waals surface area contributed by atoms with E-state index in [1.54, 1.807) is 0 Å². The van der Waals surface area contributed by atoms with E-state index >= 15 is 0 Å². The van der Waals surface area contributed by atoms with Crippen LogP contribution in [0.4, 0.5) is 0 Å². The molecule has 2 heteroatoms. The third kappa shape index (κ3) is 1.83. The van der Waals surface area contributed by atoms with E-state index in [1.165, 1.54) is 45.3 Å². The van der Waals surface area contributed by atoms with E-state index in [1.807, 2.05) is 0 Å². The Bertz CT molecular complexity index is 237. The van der Waals surface area contributed by atoms with Gasteiger partial charge < -0.3 is 0 Å². The molecule has 0 radical (unpaired) electrons. The van der Waals surface area contributed by atoms with Crippen LogP contribution in [0.5, 0.6) is 0 Å². The number of rotatable bonds is 2. The molecule has 0 N–H and O–H groups in total. The molecule has 0 aromatic carbocycles. The molecule has 2 saturated heterocycles. The highest BCUT2D eigenvalue weighted by Crippen LogP contribution is 2.37. The molecule has 3 atom stereocenters. The smallest absolute Gasteiger partial charge is 0.0224 e. The van der Waals surface area contributed by atoms with E-state index in [4.69, 9.17) is 0 Å². The predicted molar refractivity (Wildman–Crippen MR) is 62.9 cm³/mol. The van der Waals surface area contributed by atoms with Crippen LogP contribution in [-0.4, -0.2) is 47.6 Å². The molecule has 3 fully saturated rings. The Labute approximate surface area is 93.6 Å². The van der Waals surface area contributed by atoms with Gasteiger partial charge >= 0.3 is 0 Å². The fourth-order valence-electron chi connectivity index (χ4n) is 3.63. The second-order valence-corrected chi connectivity index (χ2v) is 5.91. The summed E-state index contributed by atoms with van der Waals surface area (Å²) in [6.45, 7) is 8.91. The number of hydrogen-bond donors (Lipinski definition) is 0. The summed E-state index contributed by atoms with van der Waals surface area (Å²) in [7, 11) is 0. The quantitative estimate of drug-likeness (QED) is 0.684. The molecule has 0 spiro atoms. The fourth-order valence-corrected chi connectivity index (χ4v) is 3.63. The van der Waals surface area contributed by atoms with Gasteiger partial charge in [0, 0.05) is 31.2 Å². The van der Waals surface area contributed by atoms with Crippen LogP contribution >= 0.6 is 0 Å². The standard InChI is InChI=1S/C13H24N2/c1-10-8-14-7-3-4-13(14)9-15(10)11(2)12-5-6-12/h10-13H,3-9H2,1-2H3. The van der Waals surface area contributed by atoms with Gasteiger partial charge in [0.15, 0.2) is 0 Å². The molecule has 3 rings (SSSR count). The first-order chi connectivity index (χ1) is 7.25. The minimum Gasteiger partial charge on any atom is -0.298 e. The van der Waals surface area contributed by atoms with Crippen LogP contribution in [0, 0.1) is 5.92 Å². The van der Waals surface area contributed by atoms with Crippen molar-refractivity contribution < 1.29 is 0 Å². The van der Waals surface area contributed by atoms with E-state index < -0.39 is 0 Å². The van der Waals surface area contributed by atoms with Crippen LogP contribution in [0.15, 0.2) is 0 Å². The van der Waals surface area contributed by atoms with Crippen molar-refractivity contribution in [1.29, 1.82) is 0 Å². The van der Waals surface area contributed by atoms with Gasteiger partial charge in [-0.15, -0.1) is 0 Å². The van der Waals surface area contributed by atoms with E-state index in [0.717, 1.165) is 24.0 Å². The SMILES string of the molecule is CC1CN2CCCC2CN1C(C)C1CC1. The summed E-state index contributed by atoms with van der Waals surface area (Å²) in [6.07, 6.45) is 5.85. The van der Waals surface area contributed by atoms with Crippen molar-refractivity contribution >= 4 is 0 Å². The average Bonchev–Trinajstić information content (AvgIpc) is 2.97. The molecule has 0 bridgehead atoms. The molecule has 0 aromatic rings. The Morgan fingerprint density at radius 1 is 1.13 bits per heavy atom. The normalized spacial score (nSPS) is 40.4. The van der Waals surface area contributed by atoms with Crippen LogP contribution in [0.1, 0.15) is 39.5 Å². The summed E-state index contributed by atoms with van der Waals surface area (Å²) in [5.74, 6) is 1.03. The lowest BCUT2D eigenvalue weighted by molar-refractivity contribution is 0.0266. The second kappa shape index (κ2) is 3.74. The molecule has 2 nitrogen and oxygen atoms in total. The van der Waals surface area contributed by atoms with Gasteiger partial charge in [-0.1, -0.05) is 0 Å². The summed E-state index contributed by atoms with van der Waals surface area (Å²) in [5.41, 5.74) is 0. The number of piperazine rings is 1. The zero-order valence-corrected chi connectivity index (χ0v) is 10.2. The molecular formula is C13H24N2. The number of nitrogens with zero attached hydrogens (tertiary/aromatic N) is 2. The molecule has 2 aliphatic heterocycles. The van der Waals surface area contributed by atoms with Gasteiger partial charge in [-0.3, -0.25) is 9.80 Å². The highest BCUT2D eigenvalue weighted by molar-refractivity contribution is 4.95. The third-order valence-electron chi connectivity index (χ3n) is 4.81. The Balaban J connectivity index is 1.67. The Morgan fingerprint density at radius 2 is 1.93 bits per heavy atom. The van der Waals surface area contributed by atoms with Crippen molar-refractivity contribution in [3.05, 3.63) is 0 Å². The van der Waals surface area contributed by atoms with Crippen LogP contribution in [0.3, 0.4) is 0 Å². The van der Waals surface area contributed by atoms with Crippen molar-refractivity contribution in [3.8, 4) is 0 Å². The maximum absolute atomic E-state index is 2.80. The first-order valence-corrected chi connectivity index (χ1v) is 6.75. The van der Waals surface area contributed by atoms with Crippen molar-refractivity contribution in [1.82, 2.24) is 9.80 Å². The molecule has 0 aromatic heterocycles.